The Kier molecular flexibility index (Phi) is 5.28. The third-order valence-corrected chi connectivity index (χ3v) is 6.38. The summed E-state index contributed by atoms with van der Waals surface area (Å²) in [6.07, 6.45) is 4.68. The third kappa shape index (κ3) is 4.00. The van der Waals surface area contributed by atoms with Gasteiger partial charge in [0.25, 0.3) is 0 Å². The lowest BCUT2D eigenvalue weighted by atomic mass is 9.90. The summed E-state index contributed by atoms with van der Waals surface area (Å²) >= 11 is 1.57. The number of hydrogen-bond acceptors (Lipinski definition) is 5. The van der Waals surface area contributed by atoms with Gasteiger partial charge in [0.05, 0.1) is 17.8 Å². The zero-order chi connectivity index (χ0) is 19.7. The third-order valence-electron chi connectivity index (χ3n) is 5.31. The van der Waals surface area contributed by atoms with Gasteiger partial charge in [0.1, 0.15) is 0 Å². The van der Waals surface area contributed by atoms with E-state index in [-0.39, 0.29) is 17.7 Å². The van der Waals surface area contributed by atoms with Gasteiger partial charge in [0, 0.05) is 43.5 Å². The molecule has 1 aromatic carbocycles. The molecule has 7 heteroatoms. The second-order valence-electron chi connectivity index (χ2n) is 7.50. The summed E-state index contributed by atoms with van der Waals surface area (Å²) < 4.78 is 1.78. The molecule has 1 aliphatic heterocycles. The van der Waals surface area contributed by atoms with Gasteiger partial charge in [-0.25, -0.2) is 4.98 Å². The van der Waals surface area contributed by atoms with Gasteiger partial charge in [-0.15, -0.1) is 11.3 Å². The molecule has 2 N–H and O–H groups in total. The van der Waals surface area contributed by atoms with Crippen LogP contribution in [0.2, 0.25) is 0 Å². The first-order chi connectivity index (χ1) is 13.5. The van der Waals surface area contributed by atoms with Crippen molar-refractivity contribution >= 4 is 22.4 Å². The fraction of sp³-hybridized carbons (Fsp3) is 0.381. The molecular formula is C21H25N5OS. The predicted molar refractivity (Wildman–Crippen MR) is 112 cm³/mol. The standard InChI is InChI=1S/C21H25N5OS/c1-13-4-6-15(7-5-13)8-19-14(2)24-21(28-19)25-20(27)18-11-22-10-17(18)16-9-23-26(3)12-16/h4-7,9,12,17-18,22H,8,10-11H2,1-3H3,(H,24,25,27)/t17-,18+/m1/s1. The number of rotatable bonds is 5. The molecule has 1 amide bonds. The monoisotopic (exact) mass is 395 g/mol. The Balaban J connectivity index is 1.45. The van der Waals surface area contributed by atoms with Gasteiger partial charge < -0.3 is 10.6 Å². The average Bonchev–Trinajstić information content (AvgIpc) is 3.37. The van der Waals surface area contributed by atoms with Crippen molar-refractivity contribution in [3.63, 3.8) is 0 Å². The Bertz CT molecular complexity index is 975. The lowest BCUT2D eigenvalue weighted by Crippen LogP contribution is -2.28. The Morgan fingerprint density at radius 2 is 2.07 bits per heavy atom. The van der Waals surface area contributed by atoms with Gasteiger partial charge in [0.2, 0.25) is 5.91 Å². The smallest absolute Gasteiger partial charge is 0.231 e. The number of aryl methyl sites for hydroxylation is 3. The van der Waals surface area contributed by atoms with Crippen LogP contribution in [-0.4, -0.2) is 33.8 Å². The van der Waals surface area contributed by atoms with Crippen LogP contribution in [0.25, 0.3) is 0 Å². The van der Waals surface area contributed by atoms with E-state index in [0.29, 0.717) is 11.7 Å². The molecule has 2 aromatic heterocycles. The van der Waals surface area contributed by atoms with Crippen LogP contribution in [0, 0.1) is 19.8 Å². The topological polar surface area (TPSA) is 71.8 Å². The maximum absolute atomic E-state index is 12.9. The first kappa shape index (κ1) is 18.8. The lowest BCUT2D eigenvalue weighted by Gasteiger charge is -2.15. The molecule has 1 fully saturated rings. The predicted octanol–water partition coefficient (Wildman–Crippen LogP) is 3.03. The van der Waals surface area contributed by atoms with E-state index in [4.69, 9.17) is 0 Å². The molecule has 3 aromatic rings. The Hall–Kier alpha value is -2.51. The summed E-state index contributed by atoms with van der Waals surface area (Å²) in [5.41, 5.74) is 4.59. The van der Waals surface area contributed by atoms with E-state index in [0.717, 1.165) is 24.2 Å². The van der Waals surface area contributed by atoms with Crippen LogP contribution in [0.4, 0.5) is 5.13 Å². The quantitative estimate of drug-likeness (QED) is 0.697. The Morgan fingerprint density at radius 1 is 1.29 bits per heavy atom. The summed E-state index contributed by atoms with van der Waals surface area (Å²) in [7, 11) is 1.90. The molecule has 0 spiro atoms. The SMILES string of the molecule is Cc1ccc(Cc2sc(NC(=O)[C@H]3CNC[C@@H]3c3cnn(C)c3)nc2C)cc1. The highest BCUT2D eigenvalue weighted by atomic mass is 32.1. The number of anilines is 1. The van der Waals surface area contributed by atoms with Crippen LogP contribution in [0.1, 0.15) is 33.2 Å². The van der Waals surface area contributed by atoms with E-state index in [1.807, 2.05) is 26.4 Å². The molecule has 146 valence electrons. The Labute approximate surface area is 169 Å². The van der Waals surface area contributed by atoms with Gasteiger partial charge in [0.15, 0.2) is 5.13 Å². The molecule has 1 saturated heterocycles. The van der Waals surface area contributed by atoms with Gasteiger partial charge >= 0.3 is 0 Å². The number of thiazole rings is 1. The summed E-state index contributed by atoms with van der Waals surface area (Å²) in [5.74, 6) is 0.0465. The number of nitrogens with zero attached hydrogens (tertiary/aromatic N) is 3. The number of carbonyl (C=O) groups is 1. The molecule has 3 heterocycles. The first-order valence-corrected chi connectivity index (χ1v) is 10.3. The van der Waals surface area contributed by atoms with E-state index in [1.165, 1.54) is 16.0 Å². The van der Waals surface area contributed by atoms with Crippen molar-refractivity contribution in [2.75, 3.05) is 18.4 Å². The number of hydrogen-bond donors (Lipinski definition) is 2. The minimum atomic E-state index is -0.117. The van der Waals surface area contributed by atoms with Crippen LogP contribution < -0.4 is 10.6 Å². The average molecular weight is 396 g/mol. The van der Waals surface area contributed by atoms with E-state index in [1.54, 1.807) is 16.0 Å². The number of amides is 1. The summed E-state index contributed by atoms with van der Waals surface area (Å²) in [4.78, 5) is 18.7. The Morgan fingerprint density at radius 3 is 2.79 bits per heavy atom. The minimum Gasteiger partial charge on any atom is -0.315 e. The van der Waals surface area contributed by atoms with Gasteiger partial charge in [-0.2, -0.15) is 5.10 Å². The van der Waals surface area contributed by atoms with Crippen LogP contribution in [0.5, 0.6) is 0 Å². The number of aromatic nitrogens is 3. The summed E-state index contributed by atoms with van der Waals surface area (Å²) in [5, 5.41) is 11.3. The highest BCUT2D eigenvalue weighted by molar-refractivity contribution is 7.15. The fourth-order valence-corrected chi connectivity index (χ4v) is 4.67. The molecule has 0 radical (unpaired) electrons. The largest absolute Gasteiger partial charge is 0.315 e. The van der Waals surface area contributed by atoms with Crippen LogP contribution in [0.3, 0.4) is 0 Å². The molecule has 0 bridgehead atoms. The molecule has 4 rings (SSSR count). The molecule has 6 nitrogen and oxygen atoms in total. The molecular weight excluding hydrogens is 370 g/mol. The van der Waals surface area contributed by atoms with Crippen molar-refractivity contribution < 1.29 is 4.79 Å². The zero-order valence-electron chi connectivity index (χ0n) is 16.4. The number of nitrogens with one attached hydrogen (secondary N) is 2. The van der Waals surface area contributed by atoms with Crippen molar-refractivity contribution in [2.45, 2.75) is 26.2 Å². The van der Waals surface area contributed by atoms with Gasteiger partial charge in [-0.3, -0.25) is 9.48 Å². The van der Waals surface area contributed by atoms with Crippen molar-refractivity contribution in [1.29, 1.82) is 0 Å². The highest BCUT2D eigenvalue weighted by Crippen LogP contribution is 2.30. The summed E-state index contributed by atoms with van der Waals surface area (Å²) in [6, 6.07) is 8.55. The normalized spacial score (nSPS) is 19.1. The number of benzene rings is 1. The maximum Gasteiger partial charge on any atom is 0.231 e. The van der Waals surface area contributed by atoms with Crippen LogP contribution >= 0.6 is 11.3 Å². The number of carbonyl (C=O) groups excluding carboxylic acids is 1. The van der Waals surface area contributed by atoms with E-state index >= 15 is 0 Å². The van der Waals surface area contributed by atoms with Crippen LogP contribution in [0.15, 0.2) is 36.7 Å². The molecule has 2 atom stereocenters. The van der Waals surface area contributed by atoms with Crippen molar-refractivity contribution in [1.82, 2.24) is 20.1 Å². The maximum atomic E-state index is 12.9. The van der Waals surface area contributed by atoms with Crippen LogP contribution in [-0.2, 0) is 18.3 Å². The van der Waals surface area contributed by atoms with Crippen molar-refractivity contribution in [3.05, 3.63) is 63.9 Å². The van der Waals surface area contributed by atoms with Gasteiger partial charge in [-0.1, -0.05) is 29.8 Å². The second-order valence-corrected chi connectivity index (χ2v) is 8.58. The van der Waals surface area contributed by atoms with Gasteiger partial charge in [-0.05, 0) is 25.0 Å². The van der Waals surface area contributed by atoms with E-state index < -0.39 is 0 Å². The van der Waals surface area contributed by atoms with Crippen molar-refractivity contribution in [3.8, 4) is 0 Å². The first-order valence-electron chi connectivity index (χ1n) is 9.51. The molecule has 0 aliphatic carbocycles. The molecule has 0 unspecified atom stereocenters. The van der Waals surface area contributed by atoms with E-state index in [9.17, 15) is 4.79 Å². The zero-order valence-corrected chi connectivity index (χ0v) is 17.2. The van der Waals surface area contributed by atoms with E-state index in [2.05, 4.69) is 51.9 Å². The highest BCUT2D eigenvalue weighted by Gasteiger charge is 2.35. The lowest BCUT2D eigenvalue weighted by molar-refractivity contribution is -0.119. The second kappa shape index (κ2) is 7.85. The fourth-order valence-electron chi connectivity index (χ4n) is 3.67. The van der Waals surface area contributed by atoms with Crippen molar-refractivity contribution in [2.24, 2.45) is 13.0 Å². The summed E-state index contributed by atoms with van der Waals surface area (Å²) in [6.45, 7) is 5.56. The molecule has 28 heavy (non-hydrogen) atoms. The minimum absolute atomic E-state index is 0.0227. The molecule has 0 saturated carbocycles. The molecule has 1 aliphatic rings.